The van der Waals surface area contributed by atoms with Gasteiger partial charge in [0.25, 0.3) is 5.91 Å². The number of para-hydroxylation sites is 1. The third-order valence-corrected chi connectivity index (χ3v) is 12.6. The molecule has 4 aliphatic rings. The summed E-state index contributed by atoms with van der Waals surface area (Å²) in [5.41, 5.74) is 4.55. The molecule has 3 saturated heterocycles. The van der Waals surface area contributed by atoms with Crippen LogP contribution in [0.5, 0.6) is 0 Å². The Morgan fingerprint density at radius 3 is 2.10 bits per heavy atom. The summed E-state index contributed by atoms with van der Waals surface area (Å²) in [6.07, 6.45) is 4.05. The van der Waals surface area contributed by atoms with Crippen LogP contribution in [-0.2, 0) is 43.7 Å². The maximum atomic E-state index is 14.3. The molecule has 0 unspecified atom stereocenters. The molecule has 4 aliphatic heterocycles. The fourth-order valence-corrected chi connectivity index (χ4v) is 9.40. The number of hydrogen-bond acceptors (Lipinski definition) is 10. The van der Waals surface area contributed by atoms with E-state index in [1.807, 2.05) is 73.1 Å². The first-order valence-corrected chi connectivity index (χ1v) is 22.3. The molecule has 1 atom stereocenters. The standard InChI is InChI=1S/C43H56N6O9.C3H9N/c1-4-56-38(51)10-9-37(50)46-18-11-30(12-19-46)31-13-20-47(21-14-31)40(52)36(27-29-25-28(2)39-35(26-29)57-42(54)45(39)3)58-43(55)48-22-16-33(17-23-48)49-24-15-32-7-5-6-8-34(32)44-41(49)53;1-4(2)3/h5-8,25-26,30-31,33,36H,4,9-24,27H2,1-3H3,(H,44,53);1-3H3/t36-;/m1./s1. The highest BCUT2D eigenvalue weighted by Gasteiger charge is 2.37. The summed E-state index contributed by atoms with van der Waals surface area (Å²) in [5, 5.41) is 3.04. The van der Waals surface area contributed by atoms with Crippen molar-refractivity contribution < 1.29 is 37.9 Å². The SMILES string of the molecule is CCOC(=O)CCC(=O)N1CCC(C2CCN(C(=O)[C@@H](Cc3cc(C)c4c(c3)oc(=O)n4C)OC(=O)N3CCC(N4CCc5ccccc5NC4=O)CC3)CC2)CC1.CN(C)C. The molecule has 0 saturated carbocycles. The number of oxazole rings is 1. The molecule has 5 amide bonds. The number of esters is 1. The van der Waals surface area contributed by atoms with Crippen LogP contribution in [0.15, 0.2) is 45.6 Å². The minimum Gasteiger partial charge on any atom is -0.466 e. The van der Waals surface area contributed by atoms with Crippen LogP contribution in [-0.4, -0.2) is 145 Å². The second-order valence-electron chi connectivity index (χ2n) is 17.5. The van der Waals surface area contributed by atoms with Gasteiger partial charge in [0.2, 0.25) is 5.91 Å². The molecule has 1 aromatic heterocycles. The van der Waals surface area contributed by atoms with Crippen LogP contribution in [0.1, 0.15) is 75.0 Å². The van der Waals surface area contributed by atoms with Crippen LogP contribution in [0, 0.1) is 18.8 Å². The zero-order chi connectivity index (χ0) is 44.5. The Hall–Kier alpha value is -5.38. The fraction of sp³-hybridized carbons (Fsp3) is 0.609. The number of anilines is 1. The molecule has 7 rings (SSSR count). The molecule has 0 spiro atoms. The molecule has 62 heavy (non-hydrogen) atoms. The Bertz CT molecular complexity index is 2110. The first-order chi connectivity index (χ1) is 29.7. The van der Waals surface area contributed by atoms with Crippen molar-refractivity contribution in [3.8, 4) is 0 Å². The van der Waals surface area contributed by atoms with Crippen LogP contribution in [0.4, 0.5) is 15.3 Å². The largest absolute Gasteiger partial charge is 0.466 e. The fourth-order valence-electron chi connectivity index (χ4n) is 9.40. The van der Waals surface area contributed by atoms with E-state index in [1.165, 1.54) is 4.57 Å². The van der Waals surface area contributed by atoms with E-state index in [9.17, 15) is 28.8 Å². The van der Waals surface area contributed by atoms with Gasteiger partial charge >= 0.3 is 23.8 Å². The highest BCUT2D eigenvalue weighted by Crippen LogP contribution is 2.34. The molecule has 3 aromatic rings. The van der Waals surface area contributed by atoms with Crippen molar-refractivity contribution in [3.05, 3.63) is 63.6 Å². The molecular weight excluding hydrogens is 795 g/mol. The van der Waals surface area contributed by atoms with Crippen LogP contribution in [0.25, 0.3) is 11.1 Å². The number of urea groups is 1. The first kappa shape index (κ1) is 46.1. The van der Waals surface area contributed by atoms with Crippen molar-refractivity contribution in [1.29, 1.82) is 0 Å². The number of carbonyl (C=O) groups is 5. The third kappa shape index (κ3) is 11.5. The van der Waals surface area contributed by atoms with Gasteiger partial charge in [-0.15, -0.1) is 0 Å². The van der Waals surface area contributed by atoms with E-state index in [1.54, 1.807) is 29.8 Å². The Balaban J connectivity index is 0.00000154. The van der Waals surface area contributed by atoms with Gasteiger partial charge in [0.05, 0.1) is 18.5 Å². The van der Waals surface area contributed by atoms with Gasteiger partial charge < -0.3 is 43.7 Å². The zero-order valence-electron chi connectivity index (χ0n) is 37.4. The number of fused-ring (bicyclic) bond motifs is 2. The van der Waals surface area contributed by atoms with E-state index >= 15 is 0 Å². The van der Waals surface area contributed by atoms with Gasteiger partial charge in [-0.3, -0.25) is 19.0 Å². The average molecular weight is 860 g/mol. The molecule has 16 heteroatoms. The quantitative estimate of drug-likeness (QED) is 0.273. The molecule has 338 valence electrons. The first-order valence-electron chi connectivity index (χ1n) is 22.3. The lowest BCUT2D eigenvalue weighted by Gasteiger charge is -2.41. The average Bonchev–Trinajstić information content (AvgIpc) is 3.43. The van der Waals surface area contributed by atoms with Crippen LogP contribution in [0.2, 0.25) is 0 Å². The maximum Gasteiger partial charge on any atom is 0.419 e. The van der Waals surface area contributed by atoms with E-state index in [0.29, 0.717) is 88.2 Å². The zero-order valence-corrected chi connectivity index (χ0v) is 37.4. The summed E-state index contributed by atoms with van der Waals surface area (Å²) in [4.78, 5) is 87.3. The molecule has 2 aromatic carbocycles. The number of hydrogen-bond donors (Lipinski definition) is 1. The van der Waals surface area contributed by atoms with Crippen LogP contribution < -0.4 is 11.1 Å². The number of piperidine rings is 3. The van der Waals surface area contributed by atoms with Gasteiger partial charge in [0, 0.05) is 77.4 Å². The lowest BCUT2D eigenvalue weighted by Crippen LogP contribution is -2.52. The minimum atomic E-state index is -1.09. The van der Waals surface area contributed by atoms with Gasteiger partial charge in [-0.2, -0.15) is 0 Å². The molecule has 0 bridgehead atoms. The van der Waals surface area contributed by atoms with Gasteiger partial charge in [-0.05, 0) is 121 Å². The Morgan fingerprint density at radius 2 is 1.45 bits per heavy atom. The lowest BCUT2D eigenvalue weighted by molar-refractivity contribution is -0.146. The topological polar surface area (TPSA) is 167 Å². The number of nitrogens with zero attached hydrogens (tertiary/aromatic N) is 6. The van der Waals surface area contributed by atoms with Crippen molar-refractivity contribution in [2.24, 2.45) is 18.9 Å². The van der Waals surface area contributed by atoms with E-state index in [0.717, 1.165) is 54.5 Å². The summed E-state index contributed by atoms with van der Waals surface area (Å²) in [6, 6.07) is 11.3. The van der Waals surface area contributed by atoms with Crippen LogP contribution >= 0.6 is 0 Å². The second kappa shape index (κ2) is 21.1. The number of nitrogens with one attached hydrogen (secondary N) is 1. The maximum absolute atomic E-state index is 14.3. The Kier molecular flexibility index (Phi) is 15.7. The van der Waals surface area contributed by atoms with E-state index < -0.39 is 18.0 Å². The molecule has 3 fully saturated rings. The highest BCUT2D eigenvalue weighted by atomic mass is 16.6. The van der Waals surface area contributed by atoms with E-state index in [4.69, 9.17) is 13.9 Å². The highest BCUT2D eigenvalue weighted by molar-refractivity contribution is 5.91. The number of carbonyl (C=O) groups excluding carboxylic acids is 5. The predicted molar refractivity (Wildman–Crippen MR) is 235 cm³/mol. The summed E-state index contributed by atoms with van der Waals surface area (Å²) in [5.74, 6) is -0.247. The molecule has 0 aliphatic carbocycles. The molecule has 1 N–H and O–H groups in total. The van der Waals surface area contributed by atoms with Crippen molar-refractivity contribution in [2.45, 2.75) is 90.2 Å². The van der Waals surface area contributed by atoms with Gasteiger partial charge in [0.15, 0.2) is 11.7 Å². The Morgan fingerprint density at radius 1 is 0.839 bits per heavy atom. The third-order valence-electron chi connectivity index (χ3n) is 12.6. The van der Waals surface area contributed by atoms with E-state index in [2.05, 4.69) is 5.32 Å². The lowest BCUT2D eigenvalue weighted by atomic mass is 9.78. The Labute approximate surface area is 364 Å². The minimum absolute atomic E-state index is 0.0169. The molecular formula is C46H65N7O9. The second-order valence-corrected chi connectivity index (χ2v) is 17.5. The van der Waals surface area contributed by atoms with Crippen molar-refractivity contribution in [2.75, 3.05) is 78.9 Å². The summed E-state index contributed by atoms with van der Waals surface area (Å²) in [6.45, 7) is 7.70. The normalized spacial score (nSPS) is 18.4. The summed E-state index contributed by atoms with van der Waals surface area (Å²) < 4.78 is 18.0. The smallest absolute Gasteiger partial charge is 0.419 e. The number of aromatic nitrogens is 1. The summed E-state index contributed by atoms with van der Waals surface area (Å²) >= 11 is 0. The van der Waals surface area contributed by atoms with Crippen LogP contribution in [0.3, 0.4) is 0 Å². The van der Waals surface area contributed by atoms with Gasteiger partial charge in [0.1, 0.15) is 0 Å². The molecule has 16 nitrogen and oxygen atoms in total. The predicted octanol–water partition coefficient (Wildman–Crippen LogP) is 5.04. The number of benzene rings is 2. The van der Waals surface area contributed by atoms with Crippen molar-refractivity contribution in [1.82, 2.24) is 29.1 Å². The number of ether oxygens (including phenoxy) is 2. The van der Waals surface area contributed by atoms with Gasteiger partial charge in [-0.25, -0.2) is 14.4 Å². The monoisotopic (exact) mass is 859 g/mol. The molecule has 0 radical (unpaired) electrons. The summed E-state index contributed by atoms with van der Waals surface area (Å²) in [7, 11) is 7.65. The van der Waals surface area contributed by atoms with Crippen molar-refractivity contribution >= 4 is 46.7 Å². The van der Waals surface area contributed by atoms with Gasteiger partial charge in [-0.1, -0.05) is 24.3 Å². The number of likely N-dealkylation sites (tertiary alicyclic amines) is 3. The number of amides is 5. The van der Waals surface area contributed by atoms with E-state index in [-0.39, 0.29) is 49.1 Å². The number of aryl methyl sites for hydroxylation is 2. The van der Waals surface area contributed by atoms with Crippen molar-refractivity contribution in [3.63, 3.8) is 0 Å². The molecule has 5 heterocycles. The number of rotatable bonds is 10.